The summed E-state index contributed by atoms with van der Waals surface area (Å²) >= 11 is 0. The zero-order valence-corrected chi connectivity index (χ0v) is 17.0. The maximum absolute atomic E-state index is 13.0. The number of sulfone groups is 1. The number of aryl methyl sites for hydroxylation is 3. The SMILES string of the molecule is Cc1nn(C2CCS(=O)(=O)C2)c(C)c1NC(=O)c1c(C)oc2c1C(=O)CCC2. The molecule has 1 atom stereocenters. The molecule has 2 aromatic rings. The number of fused-ring (bicyclic) bond motifs is 1. The van der Waals surface area contributed by atoms with Gasteiger partial charge in [0.1, 0.15) is 11.5 Å². The van der Waals surface area contributed by atoms with Crippen LogP contribution in [0.15, 0.2) is 4.42 Å². The summed E-state index contributed by atoms with van der Waals surface area (Å²) < 4.78 is 31.0. The second-order valence-corrected chi connectivity index (χ2v) is 9.84. The summed E-state index contributed by atoms with van der Waals surface area (Å²) in [6.45, 7) is 5.27. The van der Waals surface area contributed by atoms with Crippen molar-refractivity contribution in [2.24, 2.45) is 0 Å². The molecule has 4 rings (SSSR count). The van der Waals surface area contributed by atoms with Crippen LogP contribution in [0.1, 0.15) is 68.9 Å². The molecule has 0 radical (unpaired) electrons. The van der Waals surface area contributed by atoms with Crippen molar-refractivity contribution in [2.75, 3.05) is 16.8 Å². The number of nitrogens with one attached hydrogen (secondary N) is 1. The van der Waals surface area contributed by atoms with E-state index in [9.17, 15) is 18.0 Å². The average molecular weight is 405 g/mol. The fourth-order valence-electron chi connectivity index (χ4n) is 4.22. The van der Waals surface area contributed by atoms with Crippen LogP contribution in [0.2, 0.25) is 0 Å². The maximum Gasteiger partial charge on any atom is 0.260 e. The average Bonchev–Trinajstić information content (AvgIpc) is 3.23. The van der Waals surface area contributed by atoms with E-state index in [1.165, 1.54) is 0 Å². The molecule has 1 fully saturated rings. The van der Waals surface area contributed by atoms with E-state index >= 15 is 0 Å². The third-order valence-electron chi connectivity index (χ3n) is 5.59. The zero-order chi connectivity index (χ0) is 20.2. The van der Waals surface area contributed by atoms with Gasteiger partial charge in [-0.15, -0.1) is 0 Å². The van der Waals surface area contributed by atoms with Gasteiger partial charge in [0.25, 0.3) is 5.91 Å². The van der Waals surface area contributed by atoms with E-state index in [0.717, 1.165) is 6.42 Å². The molecule has 1 unspecified atom stereocenters. The van der Waals surface area contributed by atoms with E-state index in [-0.39, 0.29) is 28.9 Å². The molecule has 9 heteroatoms. The van der Waals surface area contributed by atoms with Gasteiger partial charge in [0, 0.05) is 12.8 Å². The predicted molar refractivity (Wildman–Crippen MR) is 103 cm³/mol. The number of carbonyl (C=O) groups excluding carboxylic acids is 2. The van der Waals surface area contributed by atoms with E-state index in [1.54, 1.807) is 18.5 Å². The molecule has 1 saturated heterocycles. The van der Waals surface area contributed by atoms with Gasteiger partial charge in [0.15, 0.2) is 15.6 Å². The molecule has 0 spiro atoms. The predicted octanol–water partition coefficient (Wildman–Crippen LogP) is 2.53. The molecule has 1 aliphatic heterocycles. The summed E-state index contributed by atoms with van der Waals surface area (Å²) in [4.78, 5) is 25.3. The summed E-state index contributed by atoms with van der Waals surface area (Å²) in [5.41, 5.74) is 2.54. The number of hydrogen-bond donors (Lipinski definition) is 1. The van der Waals surface area contributed by atoms with Crippen LogP contribution in [-0.4, -0.2) is 41.4 Å². The van der Waals surface area contributed by atoms with Crippen molar-refractivity contribution in [3.05, 3.63) is 34.0 Å². The number of ketones is 1. The number of rotatable bonds is 3. The molecule has 8 nitrogen and oxygen atoms in total. The largest absolute Gasteiger partial charge is 0.465 e. The first-order valence-electron chi connectivity index (χ1n) is 9.41. The second kappa shape index (κ2) is 6.58. The molecule has 1 N–H and O–H groups in total. The number of aromatic nitrogens is 2. The van der Waals surface area contributed by atoms with Crippen LogP contribution in [0.5, 0.6) is 0 Å². The number of anilines is 1. The summed E-state index contributed by atoms with van der Waals surface area (Å²) in [6.07, 6.45) is 2.31. The van der Waals surface area contributed by atoms with Gasteiger partial charge in [-0.2, -0.15) is 5.10 Å². The first kappa shape index (κ1) is 18.9. The van der Waals surface area contributed by atoms with Crippen molar-refractivity contribution < 1.29 is 22.4 Å². The molecule has 0 aromatic carbocycles. The highest BCUT2D eigenvalue weighted by molar-refractivity contribution is 7.91. The number of nitrogens with zero attached hydrogens (tertiary/aromatic N) is 2. The fourth-order valence-corrected chi connectivity index (χ4v) is 5.92. The van der Waals surface area contributed by atoms with E-state index in [0.29, 0.717) is 53.4 Å². The van der Waals surface area contributed by atoms with Crippen molar-refractivity contribution >= 4 is 27.2 Å². The van der Waals surface area contributed by atoms with Crippen LogP contribution in [0.25, 0.3) is 0 Å². The van der Waals surface area contributed by atoms with E-state index in [2.05, 4.69) is 10.4 Å². The van der Waals surface area contributed by atoms with Crippen LogP contribution in [0.3, 0.4) is 0 Å². The van der Waals surface area contributed by atoms with Crippen molar-refractivity contribution in [3.63, 3.8) is 0 Å². The summed E-state index contributed by atoms with van der Waals surface area (Å²) in [7, 11) is -3.04. The van der Waals surface area contributed by atoms with Gasteiger partial charge in [-0.3, -0.25) is 14.3 Å². The minimum absolute atomic E-state index is 0.0607. The van der Waals surface area contributed by atoms with Gasteiger partial charge in [-0.05, 0) is 33.6 Å². The van der Waals surface area contributed by atoms with Crippen LogP contribution in [0, 0.1) is 20.8 Å². The Bertz CT molecular complexity index is 1090. The standard InChI is InChI=1S/C19H23N3O5S/c1-10-18(11(2)22(21-10)13-7-8-28(25,26)9-13)20-19(24)16-12(3)27-15-6-4-5-14(23)17(15)16/h13H,4-9H2,1-3H3,(H,20,24). The van der Waals surface area contributed by atoms with Gasteiger partial charge in [0.2, 0.25) is 0 Å². The summed E-state index contributed by atoms with van der Waals surface area (Å²) in [5.74, 6) is 0.762. The minimum Gasteiger partial charge on any atom is -0.465 e. The Kier molecular flexibility index (Phi) is 4.45. The third kappa shape index (κ3) is 3.07. The van der Waals surface area contributed by atoms with E-state index < -0.39 is 15.7 Å². The van der Waals surface area contributed by atoms with E-state index in [4.69, 9.17) is 4.42 Å². The third-order valence-corrected chi connectivity index (χ3v) is 7.34. The van der Waals surface area contributed by atoms with Gasteiger partial charge >= 0.3 is 0 Å². The van der Waals surface area contributed by atoms with Gasteiger partial charge in [0.05, 0.1) is 45.7 Å². The normalized spacial score (nSPS) is 21.0. The molecule has 0 bridgehead atoms. The van der Waals surface area contributed by atoms with Crippen LogP contribution in [-0.2, 0) is 16.3 Å². The smallest absolute Gasteiger partial charge is 0.260 e. The number of carbonyl (C=O) groups is 2. The number of Topliss-reactive ketones (excluding diaryl/α,β-unsaturated/α-hetero) is 1. The Morgan fingerprint density at radius 1 is 1.25 bits per heavy atom. The second-order valence-electron chi connectivity index (χ2n) is 7.61. The Balaban J connectivity index is 1.65. The van der Waals surface area contributed by atoms with Crippen LogP contribution >= 0.6 is 0 Å². The summed E-state index contributed by atoms with van der Waals surface area (Å²) in [6, 6.07) is -0.223. The highest BCUT2D eigenvalue weighted by atomic mass is 32.2. The van der Waals surface area contributed by atoms with E-state index in [1.807, 2.05) is 6.92 Å². The molecule has 2 aliphatic rings. The lowest BCUT2D eigenvalue weighted by atomic mass is 9.93. The lowest BCUT2D eigenvalue weighted by Gasteiger charge is -2.12. The van der Waals surface area contributed by atoms with Crippen molar-refractivity contribution in [3.8, 4) is 0 Å². The number of furan rings is 1. The molecule has 150 valence electrons. The van der Waals surface area contributed by atoms with Crippen LogP contribution in [0.4, 0.5) is 5.69 Å². The molecule has 2 aromatic heterocycles. The lowest BCUT2D eigenvalue weighted by Crippen LogP contribution is -2.19. The van der Waals surface area contributed by atoms with Gasteiger partial charge in [-0.25, -0.2) is 8.42 Å². The number of hydrogen-bond acceptors (Lipinski definition) is 6. The quantitative estimate of drug-likeness (QED) is 0.840. The molecule has 3 heterocycles. The molecule has 28 heavy (non-hydrogen) atoms. The first-order valence-corrected chi connectivity index (χ1v) is 11.2. The van der Waals surface area contributed by atoms with Crippen molar-refractivity contribution in [2.45, 2.75) is 52.5 Å². The molecule has 0 saturated carbocycles. The minimum atomic E-state index is -3.04. The number of amides is 1. The highest BCUT2D eigenvalue weighted by Crippen LogP contribution is 2.32. The molecule has 1 aliphatic carbocycles. The van der Waals surface area contributed by atoms with Gasteiger partial charge < -0.3 is 9.73 Å². The highest BCUT2D eigenvalue weighted by Gasteiger charge is 2.33. The Hall–Kier alpha value is -2.42. The van der Waals surface area contributed by atoms with Gasteiger partial charge in [-0.1, -0.05) is 0 Å². The molecule has 1 amide bonds. The Morgan fingerprint density at radius 3 is 2.68 bits per heavy atom. The Morgan fingerprint density at radius 2 is 2.00 bits per heavy atom. The zero-order valence-electron chi connectivity index (χ0n) is 16.2. The Labute approximate surface area is 163 Å². The molecular formula is C19H23N3O5S. The molecular weight excluding hydrogens is 382 g/mol. The maximum atomic E-state index is 13.0. The topological polar surface area (TPSA) is 111 Å². The fraction of sp³-hybridized carbons (Fsp3) is 0.526. The monoisotopic (exact) mass is 405 g/mol. The van der Waals surface area contributed by atoms with Crippen molar-refractivity contribution in [1.82, 2.24) is 9.78 Å². The summed E-state index contributed by atoms with van der Waals surface area (Å²) in [5, 5.41) is 7.34. The lowest BCUT2D eigenvalue weighted by molar-refractivity contribution is 0.0955. The van der Waals surface area contributed by atoms with Crippen molar-refractivity contribution in [1.29, 1.82) is 0 Å². The first-order chi connectivity index (χ1) is 13.2. The van der Waals surface area contributed by atoms with Crippen LogP contribution < -0.4 is 5.32 Å².